The third kappa shape index (κ3) is 3.00. The van der Waals surface area contributed by atoms with Crippen LogP contribution in [0.15, 0.2) is 0 Å². The first-order valence-corrected chi connectivity index (χ1v) is 5.84. The van der Waals surface area contributed by atoms with Gasteiger partial charge in [-0.2, -0.15) is 0 Å². The number of nitrogens with two attached hydrogens (primary N) is 1. The summed E-state index contributed by atoms with van der Waals surface area (Å²) in [5.41, 5.74) is 4.54. The number of carbonyl (C=O) groups excluding carboxylic acids is 1. The maximum absolute atomic E-state index is 10.9. The minimum absolute atomic E-state index is 1.08. The molecule has 0 aromatic heterocycles. The van der Waals surface area contributed by atoms with Crippen molar-refractivity contribution < 1.29 is 44.7 Å². The van der Waals surface area contributed by atoms with Crippen molar-refractivity contribution in [3.05, 3.63) is 0 Å². The highest BCUT2D eigenvalue weighted by molar-refractivity contribution is 7.54. The number of amides is 1. The average molecular weight is 275 g/mol. The maximum atomic E-state index is 10.9. The van der Waals surface area contributed by atoms with E-state index in [-0.39, 0.29) is 0 Å². The molecule has 0 heterocycles. The van der Waals surface area contributed by atoms with Gasteiger partial charge in [-0.3, -0.25) is 9.36 Å². The lowest BCUT2D eigenvalue weighted by Gasteiger charge is -2.33. The van der Waals surface area contributed by atoms with Gasteiger partial charge in [-0.25, -0.2) is 0 Å². The summed E-state index contributed by atoms with van der Waals surface area (Å²) in [6.45, 7) is -1.08. The molecule has 0 spiro atoms. The third-order valence-electron chi connectivity index (χ3n) is 2.12. The Morgan fingerprint density at radius 1 is 1.29 bits per heavy atom. The second-order valence-corrected chi connectivity index (χ2v) is 5.09. The fourth-order valence-corrected chi connectivity index (χ4v) is 1.80. The molecule has 1 amide bonds. The molecule has 10 nitrogen and oxygen atoms in total. The van der Waals surface area contributed by atoms with Crippen molar-refractivity contribution in [3.8, 4) is 0 Å². The summed E-state index contributed by atoms with van der Waals surface area (Å²) in [4.78, 5) is 28.2. The van der Waals surface area contributed by atoms with E-state index in [4.69, 9.17) is 25.1 Å². The molecule has 17 heavy (non-hydrogen) atoms. The summed E-state index contributed by atoms with van der Waals surface area (Å²) >= 11 is 0. The van der Waals surface area contributed by atoms with Crippen molar-refractivity contribution >= 4 is 13.5 Å². The molecule has 9 N–H and O–H groups in total. The van der Waals surface area contributed by atoms with E-state index >= 15 is 0 Å². The van der Waals surface area contributed by atoms with E-state index in [0.29, 0.717) is 0 Å². The molecule has 11 heteroatoms. The largest absolute Gasteiger partial charge is 0.394 e. The van der Waals surface area contributed by atoms with E-state index in [1.807, 2.05) is 0 Å². The van der Waals surface area contributed by atoms with Gasteiger partial charge in [0, 0.05) is 0 Å². The predicted molar refractivity (Wildman–Crippen MR) is 51.3 cm³/mol. The van der Waals surface area contributed by atoms with Gasteiger partial charge in [0.25, 0.3) is 11.2 Å². The molecule has 0 aromatic carbocycles. The van der Waals surface area contributed by atoms with Crippen LogP contribution in [0.1, 0.15) is 0 Å². The summed E-state index contributed by atoms with van der Waals surface area (Å²) < 4.78 is 10.9. The Bertz CT molecular complexity index is 329. The van der Waals surface area contributed by atoms with Crippen LogP contribution >= 0.6 is 7.60 Å². The molecule has 0 fully saturated rings. The molecule has 0 aliphatic heterocycles. The molecule has 0 aliphatic carbocycles. The summed E-state index contributed by atoms with van der Waals surface area (Å²) in [5.74, 6) is -1.98. The van der Waals surface area contributed by atoms with Crippen LogP contribution in [0.4, 0.5) is 0 Å². The number of hydrogen-bond donors (Lipinski definition) is 8. The Hall–Kier alpha value is -0.580. The van der Waals surface area contributed by atoms with Crippen molar-refractivity contribution in [3.63, 3.8) is 0 Å². The van der Waals surface area contributed by atoms with Gasteiger partial charge in [0.05, 0.1) is 6.61 Å². The van der Waals surface area contributed by atoms with Crippen LogP contribution in [0.3, 0.4) is 0 Å². The minimum Gasteiger partial charge on any atom is -0.394 e. The van der Waals surface area contributed by atoms with E-state index in [2.05, 4.69) is 5.73 Å². The van der Waals surface area contributed by atoms with Gasteiger partial charge in [-0.1, -0.05) is 0 Å². The first kappa shape index (κ1) is 16.4. The number of aliphatic hydroxyl groups excluding tert-OH is 4. The van der Waals surface area contributed by atoms with Crippen molar-refractivity contribution in [1.29, 1.82) is 0 Å². The predicted octanol–water partition coefficient (Wildman–Crippen LogP) is -4.59. The van der Waals surface area contributed by atoms with Gasteiger partial charge in [-0.05, 0) is 0 Å². The molecule has 4 atom stereocenters. The van der Waals surface area contributed by atoms with Crippen LogP contribution in [0.5, 0.6) is 0 Å². The fourth-order valence-electron chi connectivity index (χ4n) is 1.02. The summed E-state index contributed by atoms with van der Waals surface area (Å²) in [6, 6.07) is 0. The smallest absolute Gasteiger partial charge is 0.369 e. The van der Waals surface area contributed by atoms with Gasteiger partial charge in [0.2, 0.25) is 0 Å². The normalized spacial score (nSPS) is 21.4. The first-order chi connectivity index (χ1) is 7.50. The lowest BCUT2D eigenvalue weighted by atomic mass is 10.0. The monoisotopic (exact) mass is 275 g/mol. The van der Waals surface area contributed by atoms with Crippen LogP contribution in [-0.2, 0) is 9.36 Å². The number of rotatable bonds is 6. The summed E-state index contributed by atoms with van der Waals surface area (Å²) in [6.07, 6.45) is -7.18. The van der Waals surface area contributed by atoms with E-state index in [1.54, 1.807) is 0 Å². The second-order valence-electron chi connectivity index (χ2n) is 3.32. The number of aliphatic hydroxyl groups is 5. The second kappa shape index (κ2) is 5.38. The molecular formula is C6H14NO9P. The van der Waals surface area contributed by atoms with Gasteiger partial charge < -0.3 is 41.1 Å². The topological polar surface area (TPSA) is 202 Å². The van der Waals surface area contributed by atoms with E-state index in [9.17, 15) is 19.6 Å². The van der Waals surface area contributed by atoms with Crippen LogP contribution < -0.4 is 5.73 Å². The Morgan fingerprint density at radius 2 is 1.71 bits per heavy atom. The van der Waals surface area contributed by atoms with Crippen molar-refractivity contribution in [2.24, 2.45) is 5.73 Å². The molecule has 0 saturated heterocycles. The molecule has 102 valence electrons. The van der Waals surface area contributed by atoms with Crippen molar-refractivity contribution in [2.45, 2.75) is 23.7 Å². The average Bonchev–Trinajstić information content (AvgIpc) is 2.22. The van der Waals surface area contributed by atoms with Gasteiger partial charge in [0.15, 0.2) is 0 Å². The molecule has 0 saturated carbocycles. The lowest BCUT2D eigenvalue weighted by Crippen LogP contribution is -2.59. The highest BCUT2D eigenvalue weighted by Crippen LogP contribution is 2.51. The zero-order valence-corrected chi connectivity index (χ0v) is 9.31. The zero-order valence-electron chi connectivity index (χ0n) is 8.41. The van der Waals surface area contributed by atoms with Crippen LogP contribution in [0.25, 0.3) is 0 Å². The van der Waals surface area contributed by atoms with E-state index in [1.165, 1.54) is 0 Å². The molecule has 0 bridgehead atoms. The molecular weight excluding hydrogens is 261 g/mol. The van der Waals surface area contributed by atoms with Crippen LogP contribution in [0, 0.1) is 0 Å². The standard InChI is InChI=1S/C6H14NO9P/c7-5(12)6(13,17(14,15)16)4(11)3(10)2(9)1-8/h2-4,8-11,13H,1H2,(H2,7,12)(H2,14,15,16)/t2-,3-,4+,6+/m1/s1. The van der Waals surface area contributed by atoms with E-state index < -0.39 is 43.8 Å². The first-order valence-electron chi connectivity index (χ1n) is 4.23. The van der Waals surface area contributed by atoms with Crippen LogP contribution in [0.2, 0.25) is 0 Å². The Morgan fingerprint density at radius 3 is 1.94 bits per heavy atom. The lowest BCUT2D eigenvalue weighted by molar-refractivity contribution is -0.157. The molecule has 0 radical (unpaired) electrons. The Kier molecular flexibility index (Phi) is 5.19. The third-order valence-corrected chi connectivity index (χ3v) is 3.50. The molecule has 0 aromatic rings. The number of primary amides is 1. The molecule has 0 unspecified atom stereocenters. The number of hydrogen-bond acceptors (Lipinski definition) is 7. The maximum Gasteiger partial charge on any atom is 0.369 e. The number of carbonyl (C=O) groups is 1. The summed E-state index contributed by atoms with van der Waals surface area (Å²) in [5, 5.41) is 41.4. The van der Waals surface area contributed by atoms with Gasteiger partial charge >= 0.3 is 7.60 Å². The highest BCUT2D eigenvalue weighted by Gasteiger charge is 2.59. The van der Waals surface area contributed by atoms with E-state index in [0.717, 1.165) is 0 Å². The van der Waals surface area contributed by atoms with Crippen molar-refractivity contribution in [2.75, 3.05) is 6.61 Å². The van der Waals surface area contributed by atoms with Crippen LogP contribution in [-0.4, -0.2) is 71.5 Å². The SMILES string of the molecule is NC(=O)[C@](O)([C@@H](O)[C@H](O)[C@H](O)CO)P(=O)(O)O. The van der Waals surface area contributed by atoms with Gasteiger partial charge in [0.1, 0.15) is 18.3 Å². The van der Waals surface area contributed by atoms with Crippen molar-refractivity contribution in [1.82, 2.24) is 0 Å². The van der Waals surface area contributed by atoms with Gasteiger partial charge in [-0.15, -0.1) is 0 Å². The Balaban J connectivity index is 5.38. The molecule has 0 aliphatic rings. The molecule has 0 rings (SSSR count). The fraction of sp³-hybridized carbons (Fsp3) is 0.833. The Labute approximate surface area is 95.1 Å². The summed E-state index contributed by atoms with van der Waals surface area (Å²) in [7, 11) is -5.63. The zero-order chi connectivity index (χ0) is 14.0. The quantitative estimate of drug-likeness (QED) is 0.219. The minimum atomic E-state index is -5.63. The highest BCUT2D eigenvalue weighted by atomic mass is 31.2.